The van der Waals surface area contributed by atoms with E-state index >= 15 is 0 Å². The predicted octanol–water partition coefficient (Wildman–Crippen LogP) is 1.87. The van der Waals surface area contributed by atoms with Gasteiger partial charge in [-0.1, -0.05) is 42.5 Å². The maximum atomic E-state index is 12.3. The minimum absolute atomic E-state index is 0.0251. The molecular weight excluding hydrogens is 320 g/mol. The molecule has 0 saturated heterocycles. The molecule has 0 bridgehead atoms. The van der Waals surface area contributed by atoms with Crippen LogP contribution in [0.4, 0.5) is 0 Å². The van der Waals surface area contributed by atoms with Crippen LogP contribution in [0.2, 0.25) is 0 Å². The summed E-state index contributed by atoms with van der Waals surface area (Å²) in [4.78, 5) is 12.3. The van der Waals surface area contributed by atoms with Gasteiger partial charge in [-0.05, 0) is 35.5 Å². The van der Waals surface area contributed by atoms with Gasteiger partial charge in [-0.25, -0.2) is 0 Å². The lowest BCUT2D eigenvalue weighted by molar-refractivity contribution is -0.122. The lowest BCUT2D eigenvalue weighted by atomic mass is 10.0. The number of thiocarbonyl (C=S) groups is 1. The van der Waals surface area contributed by atoms with Crippen molar-refractivity contribution in [2.75, 3.05) is 13.1 Å². The number of fused-ring (bicyclic) bond motifs is 1. The second-order valence-electron chi connectivity index (χ2n) is 5.32. The van der Waals surface area contributed by atoms with Crippen LogP contribution in [0.5, 0.6) is 0 Å². The van der Waals surface area contributed by atoms with Gasteiger partial charge < -0.3 is 16.0 Å². The van der Waals surface area contributed by atoms with Crippen LogP contribution < -0.4 is 16.0 Å². The lowest BCUT2D eigenvalue weighted by Gasteiger charge is -2.20. The Labute approximate surface area is 147 Å². The Hall–Kier alpha value is -2.65. The molecule has 0 aliphatic rings. The summed E-state index contributed by atoms with van der Waals surface area (Å²) in [6.07, 6.45) is 0.480. The minimum Gasteiger partial charge on any atom is -0.363 e. The van der Waals surface area contributed by atoms with Crippen molar-refractivity contribution in [1.29, 1.82) is 5.26 Å². The number of nitrogens with zero attached hydrogens (tertiary/aromatic N) is 1. The average Bonchev–Trinajstić information content (AvgIpc) is 2.59. The maximum absolute atomic E-state index is 12.3. The quantitative estimate of drug-likeness (QED) is 0.553. The van der Waals surface area contributed by atoms with E-state index in [1.807, 2.05) is 43.3 Å². The topological polar surface area (TPSA) is 76.9 Å². The Bertz CT molecular complexity index is 769. The number of carbonyl (C=O) groups excluding carboxylic acids is 1. The first-order valence-electron chi connectivity index (χ1n) is 7.80. The Balaban J connectivity index is 2.16. The molecule has 0 heterocycles. The smallest absolute Gasteiger partial charge is 0.243 e. The molecule has 24 heavy (non-hydrogen) atoms. The zero-order valence-electron chi connectivity index (χ0n) is 13.5. The molecule has 6 heteroatoms. The van der Waals surface area contributed by atoms with Gasteiger partial charge in [0.15, 0.2) is 5.11 Å². The summed E-state index contributed by atoms with van der Waals surface area (Å²) in [5, 5.41) is 19.9. The molecule has 2 rings (SSSR count). The Morgan fingerprint density at radius 3 is 2.67 bits per heavy atom. The van der Waals surface area contributed by atoms with Crippen LogP contribution in [0.1, 0.15) is 12.5 Å². The van der Waals surface area contributed by atoms with Gasteiger partial charge >= 0.3 is 0 Å². The number of nitriles is 1. The summed E-state index contributed by atoms with van der Waals surface area (Å²) in [5.74, 6) is -0.245. The molecule has 2 aromatic carbocycles. The monoisotopic (exact) mass is 340 g/mol. The largest absolute Gasteiger partial charge is 0.363 e. The fourth-order valence-electron chi connectivity index (χ4n) is 2.43. The van der Waals surface area contributed by atoms with Crippen molar-refractivity contribution in [2.45, 2.75) is 19.4 Å². The second-order valence-corrected chi connectivity index (χ2v) is 5.73. The highest BCUT2D eigenvalue weighted by Gasteiger charge is 2.19. The average molecular weight is 340 g/mol. The van der Waals surface area contributed by atoms with Gasteiger partial charge in [-0.2, -0.15) is 5.26 Å². The molecule has 2 aromatic rings. The molecule has 0 aliphatic carbocycles. The SMILES string of the molecule is CCNC(=S)NC(Cc1ccc2ccccc2c1)C(=O)NCC#N. The number of hydrogen-bond acceptors (Lipinski definition) is 3. The van der Waals surface area contributed by atoms with Gasteiger partial charge in [-0.3, -0.25) is 4.79 Å². The van der Waals surface area contributed by atoms with Gasteiger partial charge in [0.05, 0.1) is 6.07 Å². The van der Waals surface area contributed by atoms with Crippen LogP contribution in [-0.2, 0) is 11.2 Å². The summed E-state index contributed by atoms with van der Waals surface area (Å²) in [5.41, 5.74) is 1.03. The first kappa shape index (κ1) is 17.7. The highest BCUT2D eigenvalue weighted by Crippen LogP contribution is 2.16. The zero-order chi connectivity index (χ0) is 17.4. The van der Waals surface area contributed by atoms with Crippen LogP contribution in [0.15, 0.2) is 42.5 Å². The van der Waals surface area contributed by atoms with Gasteiger partial charge in [0, 0.05) is 13.0 Å². The zero-order valence-corrected chi connectivity index (χ0v) is 14.3. The molecule has 0 spiro atoms. The number of hydrogen-bond donors (Lipinski definition) is 3. The number of rotatable bonds is 6. The maximum Gasteiger partial charge on any atom is 0.243 e. The molecule has 1 unspecified atom stereocenters. The van der Waals surface area contributed by atoms with Crippen molar-refractivity contribution in [2.24, 2.45) is 0 Å². The molecule has 0 aliphatic heterocycles. The van der Waals surface area contributed by atoms with E-state index < -0.39 is 6.04 Å². The highest BCUT2D eigenvalue weighted by atomic mass is 32.1. The van der Waals surface area contributed by atoms with E-state index in [4.69, 9.17) is 17.5 Å². The third-order valence-electron chi connectivity index (χ3n) is 3.55. The van der Waals surface area contributed by atoms with Crippen LogP contribution in [-0.4, -0.2) is 30.2 Å². The molecule has 1 atom stereocenters. The van der Waals surface area contributed by atoms with Gasteiger partial charge in [0.25, 0.3) is 0 Å². The van der Waals surface area contributed by atoms with Crippen molar-refractivity contribution in [3.05, 3.63) is 48.0 Å². The first-order chi connectivity index (χ1) is 11.6. The normalized spacial score (nSPS) is 11.3. The molecule has 0 radical (unpaired) electrons. The van der Waals surface area contributed by atoms with Crippen molar-refractivity contribution in [3.63, 3.8) is 0 Å². The molecule has 124 valence electrons. The standard InChI is InChI=1S/C18H20N4OS/c1-2-20-18(24)22-16(17(23)21-10-9-19)12-13-7-8-14-5-3-4-6-15(14)11-13/h3-8,11,16H,2,10,12H2,1H3,(H,21,23)(H2,20,22,24). The highest BCUT2D eigenvalue weighted by molar-refractivity contribution is 7.80. The fourth-order valence-corrected chi connectivity index (χ4v) is 2.72. The first-order valence-corrected chi connectivity index (χ1v) is 8.21. The number of benzene rings is 2. The van der Waals surface area contributed by atoms with E-state index in [1.165, 1.54) is 0 Å². The van der Waals surface area contributed by atoms with E-state index in [2.05, 4.69) is 28.1 Å². The molecule has 1 amide bonds. The summed E-state index contributed by atoms with van der Waals surface area (Å²) in [6.45, 7) is 2.58. The predicted molar refractivity (Wildman–Crippen MR) is 99.5 cm³/mol. The summed E-state index contributed by atoms with van der Waals surface area (Å²) in [6, 6.07) is 15.6. The van der Waals surface area contributed by atoms with Crippen molar-refractivity contribution in [3.8, 4) is 6.07 Å². The Morgan fingerprint density at radius 1 is 1.21 bits per heavy atom. The third-order valence-corrected chi connectivity index (χ3v) is 3.82. The van der Waals surface area contributed by atoms with E-state index in [0.717, 1.165) is 16.3 Å². The van der Waals surface area contributed by atoms with Crippen LogP contribution in [0, 0.1) is 11.3 Å². The molecule has 0 saturated carbocycles. The molecule has 3 N–H and O–H groups in total. The van der Waals surface area contributed by atoms with E-state index in [-0.39, 0.29) is 12.5 Å². The molecular formula is C18H20N4OS. The summed E-state index contributed by atoms with van der Waals surface area (Å²) >= 11 is 5.19. The number of carbonyl (C=O) groups is 1. The van der Waals surface area contributed by atoms with Crippen molar-refractivity contribution in [1.82, 2.24) is 16.0 Å². The van der Waals surface area contributed by atoms with Gasteiger partial charge in [0.1, 0.15) is 12.6 Å². The lowest BCUT2D eigenvalue weighted by Crippen LogP contribution is -2.51. The summed E-state index contributed by atoms with van der Waals surface area (Å²) in [7, 11) is 0. The third kappa shape index (κ3) is 4.93. The Morgan fingerprint density at radius 2 is 1.96 bits per heavy atom. The number of amides is 1. The Kier molecular flexibility index (Phi) is 6.52. The van der Waals surface area contributed by atoms with Crippen LogP contribution in [0.25, 0.3) is 10.8 Å². The van der Waals surface area contributed by atoms with Gasteiger partial charge in [0.2, 0.25) is 5.91 Å². The number of nitrogens with one attached hydrogen (secondary N) is 3. The minimum atomic E-state index is -0.536. The molecule has 0 aromatic heterocycles. The van der Waals surface area contributed by atoms with Crippen molar-refractivity contribution >= 4 is 34.0 Å². The van der Waals surface area contributed by atoms with E-state index in [0.29, 0.717) is 18.1 Å². The van der Waals surface area contributed by atoms with Crippen LogP contribution >= 0.6 is 12.2 Å². The summed E-state index contributed by atoms with van der Waals surface area (Å²) < 4.78 is 0. The van der Waals surface area contributed by atoms with E-state index in [9.17, 15) is 4.79 Å². The molecule has 5 nitrogen and oxygen atoms in total. The van der Waals surface area contributed by atoms with Crippen molar-refractivity contribution < 1.29 is 4.79 Å². The molecule has 0 fully saturated rings. The second kappa shape index (κ2) is 8.85. The van der Waals surface area contributed by atoms with Gasteiger partial charge in [-0.15, -0.1) is 0 Å². The van der Waals surface area contributed by atoms with Crippen LogP contribution in [0.3, 0.4) is 0 Å². The van der Waals surface area contributed by atoms with E-state index in [1.54, 1.807) is 0 Å². The fraction of sp³-hybridized carbons (Fsp3) is 0.278.